The highest BCUT2D eigenvalue weighted by molar-refractivity contribution is 7.22. The number of thiazole rings is 1. The lowest BCUT2D eigenvalue weighted by Crippen LogP contribution is -2.29. The van der Waals surface area contributed by atoms with Crippen LogP contribution >= 0.6 is 11.3 Å². The molecule has 182 valence electrons. The summed E-state index contributed by atoms with van der Waals surface area (Å²) in [6.45, 7) is 2.44. The zero-order chi connectivity index (χ0) is 25.4. The highest BCUT2D eigenvalue weighted by atomic mass is 32.1. The maximum atomic E-state index is 13.8. The lowest BCUT2D eigenvalue weighted by atomic mass is 9.95. The number of aliphatic hydroxyl groups excluding tert-OH is 1. The van der Waals surface area contributed by atoms with Crippen molar-refractivity contribution in [2.24, 2.45) is 0 Å². The number of anilines is 1. The van der Waals surface area contributed by atoms with Gasteiger partial charge in [-0.3, -0.25) is 14.5 Å². The SMILES string of the molecule is CCCOc1cccc(C(O)=C2C(=O)C(=O)N(c3nc4ccc(F)cc4s3)C2c2ccc(F)cc2)c1. The Hall–Kier alpha value is -4.11. The number of hydrogen-bond acceptors (Lipinski definition) is 6. The zero-order valence-electron chi connectivity index (χ0n) is 19.1. The topological polar surface area (TPSA) is 79.7 Å². The average molecular weight is 507 g/mol. The number of carbonyl (C=O) groups is 2. The number of aliphatic hydroxyl groups is 1. The summed E-state index contributed by atoms with van der Waals surface area (Å²) < 4.78 is 33.6. The van der Waals surface area contributed by atoms with Crippen LogP contribution in [0.5, 0.6) is 5.75 Å². The van der Waals surface area contributed by atoms with Gasteiger partial charge >= 0.3 is 5.91 Å². The van der Waals surface area contributed by atoms with Gasteiger partial charge in [-0.1, -0.05) is 42.5 Å². The van der Waals surface area contributed by atoms with E-state index >= 15 is 0 Å². The van der Waals surface area contributed by atoms with Crippen molar-refractivity contribution in [2.75, 3.05) is 11.5 Å². The highest BCUT2D eigenvalue weighted by Crippen LogP contribution is 2.44. The Labute approximate surface area is 209 Å². The smallest absolute Gasteiger partial charge is 0.301 e. The molecule has 6 nitrogen and oxygen atoms in total. The summed E-state index contributed by atoms with van der Waals surface area (Å²) in [5.41, 5.74) is 0.989. The van der Waals surface area contributed by atoms with Gasteiger partial charge in [0.2, 0.25) is 0 Å². The van der Waals surface area contributed by atoms with Crippen molar-refractivity contribution >= 4 is 44.1 Å². The first-order chi connectivity index (χ1) is 17.4. The lowest BCUT2D eigenvalue weighted by molar-refractivity contribution is -0.132. The van der Waals surface area contributed by atoms with Crippen LogP contribution < -0.4 is 9.64 Å². The average Bonchev–Trinajstić information content (AvgIpc) is 3.40. The molecule has 1 fully saturated rings. The van der Waals surface area contributed by atoms with Crippen molar-refractivity contribution in [1.29, 1.82) is 0 Å². The molecule has 0 radical (unpaired) electrons. The van der Waals surface area contributed by atoms with Crippen molar-refractivity contribution in [1.82, 2.24) is 4.98 Å². The Morgan fingerprint density at radius 1 is 1.06 bits per heavy atom. The second kappa shape index (κ2) is 9.50. The van der Waals surface area contributed by atoms with Crippen molar-refractivity contribution in [3.05, 3.63) is 95.1 Å². The van der Waals surface area contributed by atoms with E-state index in [9.17, 15) is 23.5 Å². The number of rotatable bonds is 6. The van der Waals surface area contributed by atoms with Crippen molar-refractivity contribution < 1.29 is 28.2 Å². The maximum Gasteiger partial charge on any atom is 0.301 e. The van der Waals surface area contributed by atoms with E-state index in [0.717, 1.165) is 17.8 Å². The fourth-order valence-corrected chi connectivity index (χ4v) is 5.11. The van der Waals surface area contributed by atoms with Gasteiger partial charge in [-0.25, -0.2) is 13.8 Å². The molecular formula is C27H20F2N2O4S. The molecular weight excluding hydrogens is 486 g/mol. The Balaban J connectivity index is 1.68. The summed E-state index contributed by atoms with van der Waals surface area (Å²) in [6, 6.07) is 14.8. The van der Waals surface area contributed by atoms with Gasteiger partial charge in [-0.05, 0) is 54.4 Å². The van der Waals surface area contributed by atoms with E-state index in [1.165, 1.54) is 47.4 Å². The summed E-state index contributed by atoms with van der Waals surface area (Å²) in [5.74, 6) is -2.65. The first-order valence-electron chi connectivity index (χ1n) is 11.2. The molecule has 36 heavy (non-hydrogen) atoms. The number of ketones is 1. The van der Waals surface area contributed by atoms with Gasteiger partial charge in [0, 0.05) is 5.56 Å². The fourth-order valence-electron chi connectivity index (χ4n) is 4.09. The number of halogens is 2. The second-order valence-electron chi connectivity index (χ2n) is 8.21. The minimum atomic E-state index is -1.07. The third-order valence-corrected chi connectivity index (χ3v) is 6.77. The van der Waals surface area contributed by atoms with E-state index < -0.39 is 29.4 Å². The van der Waals surface area contributed by atoms with Crippen LogP contribution in [0.25, 0.3) is 16.0 Å². The van der Waals surface area contributed by atoms with Crippen molar-refractivity contribution in [3.8, 4) is 5.75 Å². The third kappa shape index (κ3) is 4.22. The van der Waals surface area contributed by atoms with Gasteiger partial charge in [0.15, 0.2) is 5.13 Å². The molecule has 0 spiro atoms. The lowest BCUT2D eigenvalue weighted by Gasteiger charge is -2.23. The molecule has 1 aromatic heterocycles. The molecule has 0 aliphatic carbocycles. The van der Waals surface area contributed by atoms with E-state index in [-0.39, 0.29) is 16.5 Å². The molecule has 2 heterocycles. The van der Waals surface area contributed by atoms with Crippen LogP contribution in [0.2, 0.25) is 0 Å². The summed E-state index contributed by atoms with van der Waals surface area (Å²) in [4.78, 5) is 32.2. The van der Waals surface area contributed by atoms with Gasteiger partial charge in [-0.2, -0.15) is 0 Å². The monoisotopic (exact) mass is 506 g/mol. The predicted molar refractivity (Wildman–Crippen MR) is 133 cm³/mol. The number of benzene rings is 3. The Kier molecular flexibility index (Phi) is 6.24. The molecule has 1 aliphatic heterocycles. The van der Waals surface area contributed by atoms with Crippen LogP contribution in [0.4, 0.5) is 13.9 Å². The van der Waals surface area contributed by atoms with Crippen LogP contribution in [0, 0.1) is 11.6 Å². The molecule has 1 atom stereocenters. The van der Waals surface area contributed by atoms with Crippen LogP contribution in [0.15, 0.2) is 72.3 Å². The standard InChI is InChI=1S/C27H20F2N2O4S/c1-2-12-35-19-5-3-4-16(13-19)24(32)22-23(15-6-8-17(28)9-7-15)31(26(34)25(22)33)27-30-20-11-10-18(29)14-21(20)36-27/h3-11,13-14,23,32H,2,12H2,1H3. The van der Waals surface area contributed by atoms with Crippen molar-refractivity contribution in [3.63, 3.8) is 0 Å². The number of Topliss-reactive ketones (excluding diaryl/α,β-unsaturated/α-hetero) is 1. The van der Waals surface area contributed by atoms with E-state index in [0.29, 0.717) is 33.7 Å². The molecule has 0 saturated carbocycles. The van der Waals surface area contributed by atoms with E-state index in [1.54, 1.807) is 24.3 Å². The molecule has 1 saturated heterocycles. The Morgan fingerprint density at radius 3 is 2.56 bits per heavy atom. The largest absolute Gasteiger partial charge is 0.507 e. The quantitative estimate of drug-likeness (QED) is 0.197. The van der Waals surface area contributed by atoms with Crippen molar-refractivity contribution in [2.45, 2.75) is 19.4 Å². The van der Waals surface area contributed by atoms with E-state index in [1.807, 2.05) is 6.92 Å². The molecule has 1 N–H and O–H groups in total. The normalized spacial score (nSPS) is 17.2. The number of carbonyl (C=O) groups excluding carboxylic acids is 2. The summed E-state index contributed by atoms with van der Waals surface area (Å²) >= 11 is 1.04. The van der Waals surface area contributed by atoms with Crippen LogP contribution in [-0.2, 0) is 9.59 Å². The molecule has 9 heteroatoms. The number of fused-ring (bicyclic) bond motifs is 1. The maximum absolute atomic E-state index is 13.8. The molecule has 5 rings (SSSR count). The first-order valence-corrected chi connectivity index (χ1v) is 12.0. The van der Waals surface area contributed by atoms with Gasteiger partial charge in [-0.15, -0.1) is 0 Å². The highest BCUT2D eigenvalue weighted by Gasteiger charge is 2.48. The number of nitrogens with zero attached hydrogens (tertiary/aromatic N) is 2. The molecule has 3 aromatic carbocycles. The third-order valence-electron chi connectivity index (χ3n) is 5.76. The first kappa shape index (κ1) is 23.6. The number of aromatic nitrogens is 1. The Bertz CT molecular complexity index is 1510. The minimum Gasteiger partial charge on any atom is -0.507 e. The second-order valence-corrected chi connectivity index (χ2v) is 9.21. The molecule has 4 aromatic rings. The van der Waals surface area contributed by atoms with Crippen LogP contribution in [-0.4, -0.2) is 28.4 Å². The number of amides is 1. The van der Waals surface area contributed by atoms with Gasteiger partial charge in [0.25, 0.3) is 5.78 Å². The summed E-state index contributed by atoms with van der Waals surface area (Å²) in [7, 11) is 0. The number of ether oxygens (including phenoxy) is 1. The van der Waals surface area contributed by atoms with E-state index in [2.05, 4.69) is 4.98 Å². The molecule has 1 unspecified atom stereocenters. The Morgan fingerprint density at radius 2 is 1.81 bits per heavy atom. The van der Waals surface area contributed by atoms with Crippen LogP contribution in [0.1, 0.15) is 30.5 Å². The minimum absolute atomic E-state index is 0.158. The molecule has 1 aliphatic rings. The molecule has 0 bridgehead atoms. The van der Waals surface area contributed by atoms with Crippen LogP contribution in [0.3, 0.4) is 0 Å². The van der Waals surface area contributed by atoms with Gasteiger partial charge < -0.3 is 9.84 Å². The molecule has 1 amide bonds. The van der Waals surface area contributed by atoms with Gasteiger partial charge in [0.05, 0.1) is 28.4 Å². The number of hydrogen-bond donors (Lipinski definition) is 1. The van der Waals surface area contributed by atoms with Gasteiger partial charge in [0.1, 0.15) is 23.1 Å². The van der Waals surface area contributed by atoms with E-state index in [4.69, 9.17) is 4.74 Å². The fraction of sp³-hybridized carbons (Fsp3) is 0.148. The zero-order valence-corrected chi connectivity index (χ0v) is 19.9. The summed E-state index contributed by atoms with van der Waals surface area (Å²) in [5, 5.41) is 11.4. The predicted octanol–water partition coefficient (Wildman–Crippen LogP) is 5.99. The summed E-state index contributed by atoms with van der Waals surface area (Å²) in [6.07, 6.45) is 0.790.